The van der Waals surface area contributed by atoms with Gasteiger partial charge in [-0.2, -0.15) is 0 Å². The van der Waals surface area contributed by atoms with E-state index in [0.29, 0.717) is 6.54 Å². The molecular weight excluding hydrogens is 232 g/mol. The Morgan fingerprint density at radius 1 is 1.22 bits per heavy atom. The van der Waals surface area contributed by atoms with Crippen molar-refractivity contribution in [3.05, 3.63) is 29.8 Å². The molecule has 0 bridgehead atoms. The number of carbonyl (C=O) groups excluding carboxylic acids is 1. The summed E-state index contributed by atoms with van der Waals surface area (Å²) in [5.41, 5.74) is 5.81. The van der Waals surface area contributed by atoms with Gasteiger partial charge in [-0.3, -0.25) is 5.43 Å². The van der Waals surface area contributed by atoms with Crippen molar-refractivity contribution in [1.82, 2.24) is 10.9 Å². The quantitative estimate of drug-likeness (QED) is 0.807. The van der Waals surface area contributed by atoms with Gasteiger partial charge in [-0.05, 0) is 38.5 Å². The lowest BCUT2D eigenvalue weighted by Gasteiger charge is -2.19. The van der Waals surface area contributed by atoms with E-state index in [1.807, 2.05) is 45.0 Å². The molecule has 0 fully saturated rings. The monoisotopic (exact) mass is 252 g/mol. The fourth-order valence-corrected chi connectivity index (χ4v) is 1.27. The number of rotatable bonds is 4. The zero-order valence-corrected chi connectivity index (χ0v) is 11.2. The summed E-state index contributed by atoms with van der Waals surface area (Å²) in [5.74, 6) is 0.804. The average molecular weight is 252 g/mol. The van der Waals surface area contributed by atoms with Crippen molar-refractivity contribution in [2.24, 2.45) is 0 Å². The Kier molecular flexibility index (Phi) is 4.97. The minimum Gasteiger partial charge on any atom is -0.497 e. The van der Waals surface area contributed by atoms with Crippen LogP contribution in [0.3, 0.4) is 0 Å². The van der Waals surface area contributed by atoms with Gasteiger partial charge < -0.3 is 9.47 Å². The topological polar surface area (TPSA) is 59.6 Å². The summed E-state index contributed by atoms with van der Waals surface area (Å²) in [5, 5.41) is 0. The van der Waals surface area contributed by atoms with Crippen LogP contribution >= 0.6 is 0 Å². The highest BCUT2D eigenvalue weighted by Crippen LogP contribution is 2.10. The molecule has 0 aromatic heterocycles. The zero-order valence-electron chi connectivity index (χ0n) is 11.2. The molecule has 2 N–H and O–H groups in total. The lowest BCUT2D eigenvalue weighted by atomic mass is 10.2. The number of benzene rings is 1. The maximum atomic E-state index is 11.3. The van der Waals surface area contributed by atoms with E-state index in [1.165, 1.54) is 0 Å². The van der Waals surface area contributed by atoms with Gasteiger partial charge >= 0.3 is 6.09 Å². The standard InChI is InChI=1S/C13H20N2O3/c1-13(2,3)18-12(16)15-14-9-10-5-7-11(17-4)8-6-10/h5-8,14H,9H2,1-4H3,(H,15,16). The Morgan fingerprint density at radius 3 is 2.33 bits per heavy atom. The van der Waals surface area contributed by atoms with Gasteiger partial charge in [-0.1, -0.05) is 12.1 Å². The molecule has 0 saturated heterocycles. The van der Waals surface area contributed by atoms with Gasteiger partial charge in [0.1, 0.15) is 11.4 Å². The first kappa shape index (κ1) is 14.3. The van der Waals surface area contributed by atoms with Crippen molar-refractivity contribution in [3.8, 4) is 5.75 Å². The molecule has 0 aliphatic rings. The van der Waals surface area contributed by atoms with Crippen molar-refractivity contribution in [3.63, 3.8) is 0 Å². The predicted octanol–water partition coefficient (Wildman–Crippen LogP) is 2.22. The van der Waals surface area contributed by atoms with Gasteiger partial charge in [-0.25, -0.2) is 10.2 Å². The van der Waals surface area contributed by atoms with Gasteiger partial charge in [0.2, 0.25) is 0 Å². The van der Waals surface area contributed by atoms with Gasteiger partial charge in [-0.15, -0.1) is 0 Å². The molecule has 1 aromatic rings. The SMILES string of the molecule is COc1ccc(CNNC(=O)OC(C)(C)C)cc1. The molecule has 0 atom stereocenters. The number of hydrazine groups is 1. The molecule has 0 heterocycles. The van der Waals surface area contributed by atoms with E-state index < -0.39 is 11.7 Å². The number of methoxy groups -OCH3 is 1. The van der Waals surface area contributed by atoms with Crippen LogP contribution in [0.25, 0.3) is 0 Å². The maximum Gasteiger partial charge on any atom is 0.422 e. The second kappa shape index (κ2) is 6.26. The molecule has 0 unspecified atom stereocenters. The first-order valence-electron chi connectivity index (χ1n) is 5.75. The van der Waals surface area contributed by atoms with Crippen LogP contribution in [-0.4, -0.2) is 18.8 Å². The maximum absolute atomic E-state index is 11.3. The third kappa shape index (κ3) is 5.54. The third-order valence-electron chi connectivity index (χ3n) is 2.04. The molecule has 5 nitrogen and oxygen atoms in total. The van der Waals surface area contributed by atoms with E-state index in [9.17, 15) is 4.79 Å². The van der Waals surface area contributed by atoms with Gasteiger partial charge in [0.15, 0.2) is 0 Å². The normalized spacial score (nSPS) is 10.9. The minimum absolute atomic E-state index is 0.490. The fraction of sp³-hybridized carbons (Fsp3) is 0.462. The molecule has 0 radical (unpaired) electrons. The Morgan fingerprint density at radius 2 is 1.83 bits per heavy atom. The molecule has 0 spiro atoms. The lowest BCUT2D eigenvalue weighted by Crippen LogP contribution is -2.40. The van der Waals surface area contributed by atoms with E-state index in [4.69, 9.17) is 9.47 Å². The molecule has 1 rings (SSSR count). The molecular formula is C13H20N2O3. The van der Waals surface area contributed by atoms with Crippen molar-refractivity contribution in [1.29, 1.82) is 0 Å². The molecule has 0 aliphatic carbocycles. The van der Waals surface area contributed by atoms with E-state index in [0.717, 1.165) is 11.3 Å². The molecule has 100 valence electrons. The number of carbonyl (C=O) groups is 1. The van der Waals surface area contributed by atoms with E-state index in [2.05, 4.69) is 10.9 Å². The number of hydrogen-bond acceptors (Lipinski definition) is 4. The van der Waals surface area contributed by atoms with Crippen LogP contribution in [0, 0.1) is 0 Å². The van der Waals surface area contributed by atoms with Crippen LogP contribution in [0.15, 0.2) is 24.3 Å². The van der Waals surface area contributed by atoms with E-state index >= 15 is 0 Å². The summed E-state index contributed by atoms with van der Waals surface area (Å²) in [4.78, 5) is 11.3. The highest BCUT2D eigenvalue weighted by atomic mass is 16.6. The minimum atomic E-state index is -0.494. The van der Waals surface area contributed by atoms with Crippen LogP contribution in [0.2, 0.25) is 0 Å². The average Bonchev–Trinajstić information content (AvgIpc) is 2.27. The predicted molar refractivity (Wildman–Crippen MR) is 69.2 cm³/mol. The van der Waals surface area contributed by atoms with Gasteiger partial charge in [0, 0.05) is 6.54 Å². The van der Waals surface area contributed by atoms with Crippen LogP contribution in [0.4, 0.5) is 4.79 Å². The molecule has 18 heavy (non-hydrogen) atoms. The second-order valence-electron chi connectivity index (χ2n) is 4.83. The summed E-state index contributed by atoms with van der Waals surface area (Å²) < 4.78 is 10.1. The first-order valence-corrected chi connectivity index (χ1v) is 5.75. The smallest absolute Gasteiger partial charge is 0.422 e. The number of hydrogen-bond donors (Lipinski definition) is 2. The largest absolute Gasteiger partial charge is 0.497 e. The molecule has 1 amide bonds. The van der Waals surface area contributed by atoms with Crippen LogP contribution in [0.5, 0.6) is 5.75 Å². The molecule has 5 heteroatoms. The summed E-state index contributed by atoms with van der Waals surface area (Å²) in [6.07, 6.45) is -0.490. The molecule has 0 saturated carbocycles. The highest BCUT2D eigenvalue weighted by Gasteiger charge is 2.15. The van der Waals surface area contributed by atoms with E-state index in [-0.39, 0.29) is 0 Å². The summed E-state index contributed by atoms with van der Waals surface area (Å²) >= 11 is 0. The Bertz CT molecular complexity index is 382. The van der Waals surface area contributed by atoms with Crippen molar-refractivity contribution < 1.29 is 14.3 Å². The van der Waals surface area contributed by atoms with Crippen molar-refractivity contribution in [2.45, 2.75) is 32.9 Å². The molecule has 0 aliphatic heterocycles. The Hall–Kier alpha value is -1.75. The van der Waals surface area contributed by atoms with Gasteiger partial charge in [0.25, 0.3) is 0 Å². The van der Waals surface area contributed by atoms with E-state index in [1.54, 1.807) is 7.11 Å². The van der Waals surface area contributed by atoms with Crippen molar-refractivity contribution >= 4 is 6.09 Å². The second-order valence-corrected chi connectivity index (χ2v) is 4.83. The summed E-state index contributed by atoms with van der Waals surface area (Å²) in [7, 11) is 1.62. The summed E-state index contributed by atoms with van der Waals surface area (Å²) in [6.45, 7) is 5.96. The number of nitrogens with one attached hydrogen (secondary N) is 2. The van der Waals surface area contributed by atoms with Crippen molar-refractivity contribution in [2.75, 3.05) is 7.11 Å². The Balaban J connectivity index is 2.30. The summed E-state index contributed by atoms with van der Waals surface area (Å²) in [6, 6.07) is 7.57. The first-order chi connectivity index (χ1) is 8.40. The highest BCUT2D eigenvalue weighted by molar-refractivity contribution is 5.66. The van der Waals surface area contributed by atoms with Gasteiger partial charge in [0.05, 0.1) is 7.11 Å². The lowest BCUT2D eigenvalue weighted by molar-refractivity contribution is 0.0497. The third-order valence-corrected chi connectivity index (χ3v) is 2.04. The zero-order chi connectivity index (χ0) is 13.6. The van der Waals surface area contributed by atoms with Crippen LogP contribution < -0.4 is 15.6 Å². The number of ether oxygens (including phenoxy) is 2. The van der Waals surface area contributed by atoms with Crippen LogP contribution in [0.1, 0.15) is 26.3 Å². The Labute approximate surface area is 107 Å². The fourth-order valence-electron chi connectivity index (χ4n) is 1.27. The molecule has 1 aromatic carbocycles. The van der Waals surface area contributed by atoms with Crippen LogP contribution in [-0.2, 0) is 11.3 Å². The number of amides is 1.